The largest absolute Gasteiger partial charge is 0.338 e. The molecule has 2 aliphatic heterocycles. The predicted octanol–water partition coefficient (Wildman–Crippen LogP) is 0.804. The predicted molar refractivity (Wildman–Crippen MR) is 80.3 cm³/mol. The van der Waals surface area contributed by atoms with Gasteiger partial charge in [-0.1, -0.05) is 0 Å². The van der Waals surface area contributed by atoms with Gasteiger partial charge in [0.05, 0.1) is 12.1 Å². The standard InChI is InChI=1S/C14H15N5O2S/c20-12-5-9(8-19(12)14-15-2-4-22-14)13(21)18-3-1-11-10(7-18)6-16-17-11/h2,4,6,9H,1,3,5,7-8H2,(H,16,17)/t9-/m1/s1. The molecule has 2 aliphatic rings. The van der Waals surface area contributed by atoms with Crippen molar-refractivity contribution in [3.05, 3.63) is 29.0 Å². The molecule has 0 spiro atoms. The van der Waals surface area contributed by atoms with Gasteiger partial charge in [-0.3, -0.25) is 19.6 Å². The first-order chi connectivity index (χ1) is 10.7. The molecule has 8 heteroatoms. The quantitative estimate of drug-likeness (QED) is 0.888. The highest BCUT2D eigenvalue weighted by atomic mass is 32.1. The van der Waals surface area contributed by atoms with Crippen LogP contribution < -0.4 is 4.90 Å². The highest BCUT2D eigenvalue weighted by Gasteiger charge is 2.38. The molecule has 1 saturated heterocycles. The van der Waals surface area contributed by atoms with Crippen LogP contribution >= 0.6 is 11.3 Å². The topological polar surface area (TPSA) is 82.2 Å². The van der Waals surface area contributed by atoms with Gasteiger partial charge in [-0.05, 0) is 0 Å². The third-order valence-corrected chi connectivity index (χ3v) is 5.03. The Morgan fingerprint density at radius 3 is 3.18 bits per heavy atom. The van der Waals surface area contributed by atoms with Gasteiger partial charge < -0.3 is 4.90 Å². The molecule has 0 radical (unpaired) electrons. The number of nitrogens with one attached hydrogen (secondary N) is 1. The van der Waals surface area contributed by atoms with E-state index in [4.69, 9.17) is 0 Å². The maximum Gasteiger partial charge on any atom is 0.229 e. The molecule has 0 unspecified atom stereocenters. The lowest BCUT2D eigenvalue weighted by atomic mass is 10.0. The van der Waals surface area contributed by atoms with E-state index >= 15 is 0 Å². The first kappa shape index (κ1) is 13.4. The zero-order valence-electron chi connectivity index (χ0n) is 11.9. The molecule has 2 amide bonds. The summed E-state index contributed by atoms with van der Waals surface area (Å²) in [6.07, 6.45) is 4.51. The maximum absolute atomic E-state index is 12.7. The number of H-pyrrole nitrogens is 1. The van der Waals surface area contributed by atoms with E-state index in [2.05, 4.69) is 15.2 Å². The summed E-state index contributed by atoms with van der Waals surface area (Å²) in [4.78, 5) is 32.5. The molecule has 0 aromatic carbocycles. The van der Waals surface area contributed by atoms with E-state index in [0.717, 1.165) is 17.7 Å². The van der Waals surface area contributed by atoms with E-state index < -0.39 is 0 Å². The highest BCUT2D eigenvalue weighted by molar-refractivity contribution is 7.13. The van der Waals surface area contributed by atoms with Crippen LogP contribution in [-0.2, 0) is 22.6 Å². The Labute approximate surface area is 130 Å². The van der Waals surface area contributed by atoms with Crippen molar-refractivity contribution in [2.75, 3.05) is 18.0 Å². The fourth-order valence-electron chi connectivity index (χ4n) is 3.08. The first-order valence-electron chi connectivity index (χ1n) is 7.22. The third-order valence-electron chi connectivity index (χ3n) is 4.24. The van der Waals surface area contributed by atoms with Crippen LogP contribution in [0.5, 0.6) is 0 Å². The summed E-state index contributed by atoms with van der Waals surface area (Å²) in [5, 5.41) is 9.50. The molecule has 2 aromatic rings. The first-order valence-corrected chi connectivity index (χ1v) is 8.10. The summed E-state index contributed by atoms with van der Waals surface area (Å²) in [7, 11) is 0. The van der Waals surface area contributed by atoms with E-state index in [1.165, 1.54) is 11.3 Å². The number of rotatable bonds is 2. The number of hydrogen-bond acceptors (Lipinski definition) is 5. The smallest absolute Gasteiger partial charge is 0.229 e. The lowest BCUT2D eigenvalue weighted by Gasteiger charge is -2.28. The fourth-order valence-corrected chi connectivity index (χ4v) is 3.74. The monoisotopic (exact) mass is 317 g/mol. The number of fused-ring (bicyclic) bond motifs is 1. The minimum atomic E-state index is -0.273. The van der Waals surface area contributed by atoms with E-state index in [-0.39, 0.29) is 24.2 Å². The van der Waals surface area contributed by atoms with Crippen LogP contribution in [-0.4, -0.2) is 45.0 Å². The fraction of sp³-hybridized carbons (Fsp3) is 0.429. The lowest BCUT2D eigenvalue weighted by Crippen LogP contribution is -2.40. The minimum absolute atomic E-state index is 0.0192. The number of carbonyl (C=O) groups is 2. The number of aromatic nitrogens is 3. The second kappa shape index (κ2) is 5.20. The summed E-state index contributed by atoms with van der Waals surface area (Å²) in [6, 6.07) is 0. The van der Waals surface area contributed by atoms with Crippen LogP contribution in [0, 0.1) is 5.92 Å². The summed E-state index contributed by atoms with van der Waals surface area (Å²) in [5.41, 5.74) is 2.18. The van der Waals surface area contributed by atoms with Crippen molar-refractivity contribution >= 4 is 28.3 Å². The van der Waals surface area contributed by atoms with Crippen LogP contribution in [0.4, 0.5) is 5.13 Å². The van der Waals surface area contributed by atoms with Gasteiger partial charge in [-0.15, -0.1) is 11.3 Å². The minimum Gasteiger partial charge on any atom is -0.338 e. The normalized spacial score (nSPS) is 21.3. The van der Waals surface area contributed by atoms with Gasteiger partial charge in [0.1, 0.15) is 0 Å². The Balaban J connectivity index is 1.47. The average molecular weight is 317 g/mol. The summed E-state index contributed by atoms with van der Waals surface area (Å²) in [5.74, 6) is -0.238. The highest BCUT2D eigenvalue weighted by Crippen LogP contribution is 2.28. The molecule has 2 aromatic heterocycles. The Hall–Kier alpha value is -2.22. The second-order valence-electron chi connectivity index (χ2n) is 5.60. The van der Waals surface area contributed by atoms with Crippen molar-refractivity contribution in [3.8, 4) is 0 Å². The molecule has 114 valence electrons. The number of amides is 2. The summed E-state index contributed by atoms with van der Waals surface area (Å²) < 4.78 is 0. The van der Waals surface area contributed by atoms with Gasteiger partial charge in [0.2, 0.25) is 11.8 Å². The third kappa shape index (κ3) is 2.19. The van der Waals surface area contributed by atoms with Crippen LogP contribution in [0.3, 0.4) is 0 Å². The molecule has 1 N–H and O–H groups in total. The van der Waals surface area contributed by atoms with Gasteiger partial charge in [0, 0.05) is 55.3 Å². The van der Waals surface area contributed by atoms with Gasteiger partial charge in [0.15, 0.2) is 5.13 Å². The molecule has 1 fully saturated rings. The van der Waals surface area contributed by atoms with Crippen molar-refractivity contribution in [2.45, 2.75) is 19.4 Å². The molecule has 1 atom stereocenters. The molecule has 0 aliphatic carbocycles. The van der Waals surface area contributed by atoms with Crippen LogP contribution in [0.25, 0.3) is 0 Å². The van der Waals surface area contributed by atoms with Gasteiger partial charge >= 0.3 is 0 Å². The van der Waals surface area contributed by atoms with Crippen molar-refractivity contribution in [1.82, 2.24) is 20.1 Å². The zero-order chi connectivity index (χ0) is 15.1. The number of anilines is 1. The maximum atomic E-state index is 12.7. The molecule has 0 bridgehead atoms. The molecule has 4 rings (SSSR count). The molecular weight excluding hydrogens is 302 g/mol. The molecule has 22 heavy (non-hydrogen) atoms. The van der Waals surface area contributed by atoms with Gasteiger partial charge in [0.25, 0.3) is 0 Å². The Bertz CT molecular complexity index is 711. The van der Waals surface area contributed by atoms with E-state index in [1.807, 2.05) is 10.3 Å². The summed E-state index contributed by atoms with van der Waals surface area (Å²) in [6.45, 7) is 1.68. The number of aromatic amines is 1. The SMILES string of the molecule is O=C([C@@H]1CC(=O)N(c2nccs2)C1)N1CCc2[nH]ncc2C1. The summed E-state index contributed by atoms with van der Waals surface area (Å²) >= 11 is 1.42. The van der Waals surface area contributed by atoms with E-state index in [1.54, 1.807) is 17.3 Å². The Morgan fingerprint density at radius 2 is 2.36 bits per heavy atom. The zero-order valence-corrected chi connectivity index (χ0v) is 12.7. The van der Waals surface area contributed by atoms with Crippen LogP contribution in [0.2, 0.25) is 0 Å². The molecule has 0 saturated carbocycles. The molecular formula is C14H15N5O2S. The van der Waals surface area contributed by atoms with E-state index in [0.29, 0.717) is 24.8 Å². The Kier molecular flexibility index (Phi) is 3.18. The van der Waals surface area contributed by atoms with Crippen LogP contribution in [0.15, 0.2) is 17.8 Å². The second-order valence-corrected chi connectivity index (χ2v) is 6.48. The molecule has 7 nitrogen and oxygen atoms in total. The van der Waals surface area contributed by atoms with Gasteiger partial charge in [-0.2, -0.15) is 5.10 Å². The number of carbonyl (C=O) groups excluding carboxylic acids is 2. The van der Waals surface area contributed by atoms with E-state index in [9.17, 15) is 9.59 Å². The van der Waals surface area contributed by atoms with Crippen LogP contribution in [0.1, 0.15) is 17.7 Å². The van der Waals surface area contributed by atoms with Gasteiger partial charge in [-0.25, -0.2) is 4.98 Å². The van der Waals surface area contributed by atoms with Crippen molar-refractivity contribution in [3.63, 3.8) is 0 Å². The number of hydrogen-bond donors (Lipinski definition) is 1. The Morgan fingerprint density at radius 1 is 1.45 bits per heavy atom. The van der Waals surface area contributed by atoms with Crippen molar-refractivity contribution < 1.29 is 9.59 Å². The van der Waals surface area contributed by atoms with Crippen molar-refractivity contribution in [2.24, 2.45) is 5.92 Å². The number of nitrogens with zero attached hydrogens (tertiary/aromatic N) is 4. The van der Waals surface area contributed by atoms with Crippen molar-refractivity contribution in [1.29, 1.82) is 0 Å². The average Bonchev–Trinajstić information content (AvgIpc) is 3.25. The molecule has 4 heterocycles. The lowest BCUT2D eigenvalue weighted by molar-refractivity contribution is -0.136. The number of thiazole rings is 1.